The summed E-state index contributed by atoms with van der Waals surface area (Å²) in [6.07, 6.45) is -0.137. The van der Waals surface area contributed by atoms with Crippen molar-refractivity contribution in [2.45, 2.75) is 66.1 Å². The minimum absolute atomic E-state index is 0.00411. The first kappa shape index (κ1) is 20.1. The summed E-state index contributed by atoms with van der Waals surface area (Å²) in [7, 11) is 1.44. The summed E-state index contributed by atoms with van der Waals surface area (Å²) in [4.78, 5) is 12.0. The van der Waals surface area contributed by atoms with Crippen LogP contribution in [0.3, 0.4) is 0 Å². The summed E-state index contributed by atoms with van der Waals surface area (Å²) >= 11 is 6.00. The van der Waals surface area contributed by atoms with E-state index >= 15 is 0 Å². The number of nitrogens with one attached hydrogen (secondary N) is 1. The Labute approximate surface area is 130 Å². The standard InChI is InChI=1S/C15H32NO2PS/c1-11(2)9-13(14(17)18-8)16-19(20,10-12(3)4)15(5,6)7/h11-13H,9-10H2,1-8H3,(H,16,20)/t13-,19+/m0/s1. The third-order valence-electron chi connectivity index (χ3n) is 3.26. The fourth-order valence-corrected chi connectivity index (χ4v) is 6.16. The Hall–Kier alpha value is 0.0800. The van der Waals surface area contributed by atoms with Gasteiger partial charge < -0.3 is 4.74 Å². The first-order chi connectivity index (χ1) is 8.93. The lowest BCUT2D eigenvalue weighted by atomic mass is 10.1. The fraction of sp³-hybridized carbons (Fsp3) is 0.933. The number of carbonyl (C=O) groups is 1. The van der Waals surface area contributed by atoms with E-state index in [1.54, 1.807) is 0 Å². The summed E-state index contributed by atoms with van der Waals surface area (Å²) in [5.41, 5.74) is 0. The van der Waals surface area contributed by atoms with Gasteiger partial charge in [-0.1, -0.05) is 60.3 Å². The van der Waals surface area contributed by atoms with Crippen molar-refractivity contribution in [1.82, 2.24) is 5.09 Å². The van der Waals surface area contributed by atoms with Gasteiger partial charge in [0, 0.05) is 11.3 Å². The Bertz CT molecular complexity index is 361. The van der Waals surface area contributed by atoms with Crippen LogP contribution in [-0.2, 0) is 21.3 Å². The largest absolute Gasteiger partial charge is 0.468 e. The van der Waals surface area contributed by atoms with Crippen molar-refractivity contribution < 1.29 is 9.53 Å². The van der Waals surface area contributed by atoms with E-state index in [2.05, 4.69) is 53.6 Å². The van der Waals surface area contributed by atoms with Gasteiger partial charge >= 0.3 is 5.97 Å². The Morgan fingerprint density at radius 3 is 2.00 bits per heavy atom. The van der Waals surface area contributed by atoms with E-state index < -0.39 is 6.19 Å². The van der Waals surface area contributed by atoms with E-state index in [0.29, 0.717) is 11.8 Å². The number of rotatable bonds is 7. The lowest BCUT2D eigenvalue weighted by molar-refractivity contribution is -0.143. The molecule has 0 spiro atoms. The Balaban J connectivity index is 5.28. The molecule has 0 heterocycles. The van der Waals surface area contributed by atoms with Crippen LogP contribution in [0.25, 0.3) is 0 Å². The van der Waals surface area contributed by atoms with E-state index in [1.165, 1.54) is 7.11 Å². The van der Waals surface area contributed by atoms with Crippen LogP contribution in [0, 0.1) is 11.8 Å². The molecule has 0 aromatic rings. The molecule has 5 heteroatoms. The van der Waals surface area contributed by atoms with Crippen LogP contribution in [0.2, 0.25) is 0 Å². The van der Waals surface area contributed by atoms with Crippen molar-refractivity contribution in [2.24, 2.45) is 11.8 Å². The minimum atomic E-state index is -1.86. The van der Waals surface area contributed by atoms with E-state index in [0.717, 1.165) is 12.6 Å². The van der Waals surface area contributed by atoms with Crippen molar-refractivity contribution in [3.63, 3.8) is 0 Å². The third kappa shape index (κ3) is 6.24. The zero-order chi connectivity index (χ0) is 16.1. The van der Waals surface area contributed by atoms with Gasteiger partial charge in [-0.15, -0.1) is 0 Å². The first-order valence-electron chi connectivity index (χ1n) is 7.37. The maximum Gasteiger partial charge on any atom is 0.323 e. The number of hydrogen-bond donors (Lipinski definition) is 1. The van der Waals surface area contributed by atoms with Gasteiger partial charge in [-0.3, -0.25) is 9.88 Å². The van der Waals surface area contributed by atoms with E-state index in [-0.39, 0.29) is 17.2 Å². The highest BCUT2D eigenvalue weighted by molar-refractivity contribution is 8.14. The van der Waals surface area contributed by atoms with Gasteiger partial charge in [0.15, 0.2) is 0 Å². The summed E-state index contributed by atoms with van der Waals surface area (Å²) in [6, 6.07) is -0.288. The third-order valence-corrected chi connectivity index (χ3v) is 9.81. The fourth-order valence-electron chi connectivity index (χ4n) is 2.10. The summed E-state index contributed by atoms with van der Waals surface area (Å²) in [5, 5.41) is 3.53. The van der Waals surface area contributed by atoms with Crippen LogP contribution >= 0.6 is 6.19 Å². The van der Waals surface area contributed by atoms with E-state index in [9.17, 15) is 4.79 Å². The molecule has 0 fully saturated rings. The first-order valence-corrected chi connectivity index (χ1v) is 10.4. The molecule has 3 nitrogen and oxygen atoms in total. The maximum absolute atomic E-state index is 12.0. The molecule has 0 aliphatic rings. The van der Waals surface area contributed by atoms with Crippen LogP contribution in [0.1, 0.15) is 54.9 Å². The average Bonchev–Trinajstić information content (AvgIpc) is 2.23. The van der Waals surface area contributed by atoms with Gasteiger partial charge in [0.05, 0.1) is 7.11 Å². The lowest BCUT2D eigenvalue weighted by Gasteiger charge is -2.39. The molecule has 0 amide bonds. The molecular weight excluding hydrogens is 289 g/mol. The zero-order valence-corrected chi connectivity index (χ0v) is 16.0. The molecule has 120 valence electrons. The van der Waals surface area contributed by atoms with E-state index in [4.69, 9.17) is 16.5 Å². The molecule has 0 aromatic carbocycles. The monoisotopic (exact) mass is 321 g/mol. The molecule has 0 aliphatic heterocycles. The molecule has 0 aliphatic carbocycles. The number of esters is 1. The summed E-state index contributed by atoms with van der Waals surface area (Å²) in [5.74, 6) is 0.750. The normalized spacial score (nSPS) is 17.1. The van der Waals surface area contributed by atoms with Crippen LogP contribution in [0.15, 0.2) is 0 Å². The second-order valence-electron chi connectivity index (χ2n) is 7.32. The van der Waals surface area contributed by atoms with Crippen LogP contribution < -0.4 is 5.09 Å². The van der Waals surface area contributed by atoms with Gasteiger partial charge in [-0.2, -0.15) is 0 Å². The van der Waals surface area contributed by atoms with Gasteiger partial charge in [0.25, 0.3) is 0 Å². The average molecular weight is 321 g/mol. The second kappa shape index (κ2) is 7.91. The molecule has 0 radical (unpaired) electrons. The highest BCUT2D eigenvalue weighted by atomic mass is 32.4. The highest BCUT2D eigenvalue weighted by Crippen LogP contribution is 2.56. The Morgan fingerprint density at radius 1 is 1.20 bits per heavy atom. The molecule has 1 N–H and O–H groups in total. The maximum atomic E-state index is 12.0. The minimum Gasteiger partial charge on any atom is -0.468 e. The summed E-state index contributed by atoms with van der Waals surface area (Å²) in [6.45, 7) is 15.1. The number of hydrogen-bond acceptors (Lipinski definition) is 3. The molecule has 0 aromatic heterocycles. The Morgan fingerprint density at radius 2 is 1.70 bits per heavy atom. The predicted molar refractivity (Wildman–Crippen MR) is 92.1 cm³/mol. The number of methoxy groups -OCH3 is 1. The topological polar surface area (TPSA) is 38.3 Å². The molecule has 0 rings (SSSR count). The van der Waals surface area contributed by atoms with Crippen molar-refractivity contribution in [3.05, 3.63) is 0 Å². The molecule has 0 unspecified atom stereocenters. The number of ether oxygens (including phenoxy) is 1. The smallest absolute Gasteiger partial charge is 0.323 e. The summed E-state index contributed by atoms with van der Waals surface area (Å²) < 4.78 is 4.95. The molecule has 0 bridgehead atoms. The zero-order valence-electron chi connectivity index (χ0n) is 14.3. The predicted octanol–water partition coefficient (Wildman–Crippen LogP) is 4.01. The molecular formula is C15H32NO2PS. The van der Waals surface area contributed by atoms with Crippen LogP contribution in [0.5, 0.6) is 0 Å². The SMILES string of the molecule is COC(=O)[C@H](CC(C)C)N[P@@](=S)(CC(C)C)C(C)(C)C. The highest BCUT2D eigenvalue weighted by Gasteiger charge is 2.36. The van der Waals surface area contributed by atoms with E-state index in [1.807, 2.05) is 0 Å². The molecule has 20 heavy (non-hydrogen) atoms. The molecule has 2 atom stereocenters. The van der Waals surface area contributed by atoms with Crippen molar-refractivity contribution in [1.29, 1.82) is 0 Å². The van der Waals surface area contributed by atoms with Gasteiger partial charge in [-0.25, -0.2) is 0 Å². The molecule has 0 saturated carbocycles. The molecule has 0 saturated heterocycles. The van der Waals surface area contributed by atoms with Gasteiger partial charge in [0.2, 0.25) is 0 Å². The van der Waals surface area contributed by atoms with Gasteiger partial charge in [0.1, 0.15) is 6.04 Å². The van der Waals surface area contributed by atoms with Crippen LogP contribution in [-0.4, -0.2) is 30.4 Å². The van der Waals surface area contributed by atoms with Crippen molar-refractivity contribution in [2.75, 3.05) is 13.3 Å². The second-order valence-corrected chi connectivity index (χ2v) is 12.6. The van der Waals surface area contributed by atoms with Crippen molar-refractivity contribution in [3.8, 4) is 0 Å². The van der Waals surface area contributed by atoms with Crippen molar-refractivity contribution >= 4 is 24.0 Å². The lowest BCUT2D eigenvalue weighted by Crippen LogP contribution is -2.41. The number of carbonyl (C=O) groups excluding carboxylic acids is 1. The quantitative estimate of drug-likeness (QED) is 0.568. The van der Waals surface area contributed by atoms with Gasteiger partial charge in [-0.05, 0) is 24.4 Å². The Kier molecular flexibility index (Phi) is 7.94. The van der Waals surface area contributed by atoms with Crippen LogP contribution in [0.4, 0.5) is 0 Å².